The summed E-state index contributed by atoms with van der Waals surface area (Å²) in [4.78, 5) is 24.6. The lowest BCUT2D eigenvalue weighted by molar-refractivity contribution is -0.145. The largest absolute Gasteiger partial charge is 0.481 e. The first kappa shape index (κ1) is 13.3. The third-order valence-electron chi connectivity index (χ3n) is 3.83. The summed E-state index contributed by atoms with van der Waals surface area (Å²) in [7, 11) is 0. The Morgan fingerprint density at radius 1 is 1.28 bits per heavy atom. The van der Waals surface area contributed by atoms with E-state index < -0.39 is 5.97 Å². The minimum atomic E-state index is -0.786. The predicted molar refractivity (Wildman–Crippen MR) is 65.1 cm³/mol. The number of piperidine rings is 1. The summed E-state index contributed by atoms with van der Waals surface area (Å²) in [6.45, 7) is 1.89. The molecule has 2 heterocycles. The summed E-state index contributed by atoms with van der Waals surface area (Å²) in [6, 6.07) is 0. The second-order valence-electron chi connectivity index (χ2n) is 5.19. The molecule has 0 aliphatic carbocycles. The van der Waals surface area contributed by atoms with Crippen molar-refractivity contribution >= 4 is 11.9 Å². The molecule has 0 saturated carbocycles. The fourth-order valence-electron chi connectivity index (χ4n) is 2.72. The molecule has 0 aromatic rings. The number of carbonyl (C=O) groups is 2. The molecule has 2 atom stereocenters. The van der Waals surface area contributed by atoms with Crippen molar-refractivity contribution in [2.24, 2.45) is 5.92 Å². The van der Waals surface area contributed by atoms with Crippen LogP contribution in [0.4, 0.5) is 0 Å². The third kappa shape index (κ3) is 3.45. The lowest BCUT2D eigenvalue weighted by Crippen LogP contribution is -2.42. The van der Waals surface area contributed by atoms with Crippen LogP contribution in [0, 0.1) is 5.92 Å². The molecule has 0 radical (unpaired) electrons. The molecule has 2 rings (SSSR count). The highest BCUT2D eigenvalue weighted by Crippen LogP contribution is 2.20. The van der Waals surface area contributed by atoms with Crippen LogP contribution >= 0.6 is 0 Å². The second kappa shape index (κ2) is 6.18. The molecule has 2 saturated heterocycles. The Morgan fingerprint density at radius 2 is 2.11 bits per heavy atom. The molecule has 1 N–H and O–H groups in total. The second-order valence-corrected chi connectivity index (χ2v) is 5.19. The van der Waals surface area contributed by atoms with Crippen molar-refractivity contribution in [1.82, 2.24) is 4.90 Å². The first-order valence-corrected chi connectivity index (χ1v) is 6.79. The zero-order chi connectivity index (χ0) is 13.0. The zero-order valence-electron chi connectivity index (χ0n) is 10.6. The van der Waals surface area contributed by atoms with Gasteiger partial charge in [0.05, 0.1) is 12.0 Å². The van der Waals surface area contributed by atoms with Crippen molar-refractivity contribution in [3.8, 4) is 0 Å². The van der Waals surface area contributed by atoms with Gasteiger partial charge >= 0.3 is 5.97 Å². The smallest absolute Gasteiger partial charge is 0.308 e. The van der Waals surface area contributed by atoms with Crippen molar-refractivity contribution in [2.45, 2.75) is 44.6 Å². The normalized spacial score (nSPS) is 28.3. The summed E-state index contributed by atoms with van der Waals surface area (Å²) in [5.41, 5.74) is 0. The van der Waals surface area contributed by atoms with E-state index in [2.05, 4.69) is 0 Å². The maximum absolute atomic E-state index is 12.0. The van der Waals surface area contributed by atoms with Crippen molar-refractivity contribution in [1.29, 1.82) is 0 Å². The van der Waals surface area contributed by atoms with Gasteiger partial charge in [0.15, 0.2) is 0 Å². The van der Waals surface area contributed by atoms with Crippen LogP contribution in [0.3, 0.4) is 0 Å². The summed E-state index contributed by atoms with van der Waals surface area (Å²) < 4.78 is 5.49. The molecule has 2 aliphatic rings. The van der Waals surface area contributed by atoms with Gasteiger partial charge in [0.1, 0.15) is 0 Å². The van der Waals surface area contributed by atoms with Crippen LogP contribution in [-0.4, -0.2) is 47.7 Å². The molecular formula is C13H21NO4. The minimum absolute atomic E-state index is 0.0800. The molecular weight excluding hydrogens is 234 g/mol. The third-order valence-corrected chi connectivity index (χ3v) is 3.83. The van der Waals surface area contributed by atoms with Crippen molar-refractivity contribution in [3.05, 3.63) is 0 Å². The van der Waals surface area contributed by atoms with E-state index in [9.17, 15) is 9.59 Å². The average molecular weight is 255 g/mol. The van der Waals surface area contributed by atoms with Gasteiger partial charge in [-0.25, -0.2) is 0 Å². The number of ether oxygens (including phenoxy) is 1. The Morgan fingerprint density at radius 3 is 2.78 bits per heavy atom. The van der Waals surface area contributed by atoms with Crippen molar-refractivity contribution in [2.75, 3.05) is 19.7 Å². The Labute approximate surface area is 107 Å². The van der Waals surface area contributed by atoms with Gasteiger partial charge in [-0.2, -0.15) is 0 Å². The molecule has 18 heavy (non-hydrogen) atoms. The molecule has 1 unspecified atom stereocenters. The lowest BCUT2D eigenvalue weighted by atomic mass is 9.98. The fourth-order valence-corrected chi connectivity index (χ4v) is 2.72. The van der Waals surface area contributed by atoms with Gasteiger partial charge in [-0.05, 0) is 32.1 Å². The van der Waals surface area contributed by atoms with E-state index in [1.165, 1.54) is 0 Å². The maximum atomic E-state index is 12.0. The number of aliphatic carboxylic acids is 1. The summed E-state index contributed by atoms with van der Waals surface area (Å²) in [5.74, 6) is -1.09. The van der Waals surface area contributed by atoms with E-state index in [1.54, 1.807) is 4.90 Å². The van der Waals surface area contributed by atoms with Crippen LogP contribution in [0.25, 0.3) is 0 Å². The average Bonchev–Trinajstić information content (AvgIpc) is 2.89. The monoisotopic (exact) mass is 255 g/mol. The van der Waals surface area contributed by atoms with E-state index in [1.807, 2.05) is 0 Å². The minimum Gasteiger partial charge on any atom is -0.481 e. The van der Waals surface area contributed by atoms with E-state index >= 15 is 0 Å². The molecule has 5 heteroatoms. The molecule has 0 aromatic heterocycles. The first-order valence-electron chi connectivity index (χ1n) is 6.79. The van der Waals surface area contributed by atoms with Crippen molar-refractivity contribution in [3.63, 3.8) is 0 Å². The Bertz CT molecular complexity index is 312. The topological polar surface area (TPSA) is 66.8 Å². The van der Waals surface area contributed by atoms with Gasteiger partial charge in [0.2, 0.25) is 5.91 Å². The number of rotatable bonds is 4. The predicted octanol–water partition coefficient (Wildman–Crippen LogP) is 1.27. The van der Waals surface area contributed by atoms with Crippen LogP contribution in [0.1, 0.15) is 38.5 Å². The Hall–Kier alpha value is -1.10. The summed E-state index contributed by atoms with van der Waals surface area (Å²) in [6.07, 6.45) is 5.10. The quantitative estimate of drug-likeness (QED) is 0.821. The van der Waals surface area contributed by atoms with Gasteiger partial charge in [-0.15, -0.1) is 0 Å². The number of nitrogens with zero attached hydrogens (tertiary/aromatic N) is 1. The maximum Gasteiger partial charge on any atom is 0.308 e. The van der Waals surface area contributed by atoms with Gasteiger partial charge in [-0.1, -0.05) is 0 Å². The van der Waals surface area contributed by atoms with Crippen molar-refractivity contribution < 1.29 is 19.4 Å². The highest BCUT2D eigenvalue weighted by Gasteiger charge is 2.28. The van der Waals surface area contributed by atoms with Crippen LogP contribution in [-0.2, 0) is 14.3 Å². The molecule has 2 fully saturated rings. The van der Waals surface area contributed by atoms with E-state index in [4.69, 9.17) is 9.84 Å². The van der Waals surface area contributed by atoms with E-state index in [0.717, 1.165) is 32.3 Å². The van der Waals surface area contributed by atoms with Crippen LogP contribution < -0.4 is 0 Å². The molecule has 2 aliphatic heterocycles. The number of hydrogen-bond acceptors (Lipinski definition) is 3. The number of likely N-dealkylation sites (tertiary alicyclic amines) is 1. The summed E-state index contributed by atoms with van der Waals surface area (Å²) >= 11 is 0. The summed E-state index contributed by atoms with van der Waals surface area (Å²) in [5, 5.41) is 8.98. The highest BCUT2D eigenvalue weighted by molar-refractivity contribution is 5.78. The standard InChI is InChI=1S/C13H21NO4/c15-12(6-5-11-4-2-8-18-11)14-7-1-3-10(9-14)13(16)17/h10-11H,1-9H2,(H,16,17)/t10-,11?/m1/s1. The SMILES string of the molecule is O=C(O)[C@@H]1CCCN(C(=O)CCC2CCCO2)C1. The van der Waals surface area contributed by atoms with Crippen LogP contribution in [0.5, 0.6) is 0 Å². The Kier molecular flexibility index (Phi) is 4.58. The molecule has 0 aromatic carbocycles. The molecule has 0 bridgehead atoms. The van der Waals surface area contributed by atoms with E-state index in [0.29, 0.717) is 25.9 Å². The number of carboxylic acid groups (broad SMARTS) is 1. The van der Waals surface area contributed by atoms with Gasteiger partial charge < -0.3 is 14.7 Å². The Balaban J connectivity index is 1.75. The first-order chi connectivity index (χ1) is 8.66. The molecule has 1 amide bonds. The van der Waals surface area contributed by atoms with Gasteiger partial charge in [-0.3, -0.25) is 9.59 Å². The van der Waals surface area contributed by atoms with Crippen LogP contribution in [0.2, 0.25) is 0 Å². The number of hydrogen-bond donors (Lipinski definition) is 1. The van der Waals surface area contributed by atoms with Gasteiger partial charge in [0.25, 0.3) is 0 Å². The number of carboxylic acids is 1. The molecule has 0 spiro atoms. The van der Waals surface area contributed by atoms with Crippen LogP contribution in [0.15, 0.2) is 0 Å². The number of carbonyl (C=O) groups excluding carboxylic acids is 1. The van der Waals surface area contributed by atoms with E-state index in [-0.39, 0.29) is 17.9 Å². The molecule has 102 valence electrons. The number of amides is 1. The van der Waals surface area contributed by atoms with Gasteiger partial charge in [0, 0.05) is 26.1 Å². The highest BCUT2D eigenvalue weighted by atomic mass is 16.5. The zero-order valence-corrected chi connectivity index (χ0v) is 10.6. The molecule has 5 nitrogen and oxygen atoms in total. The lowest BCUT2D eigenvalue weighted by Gasteiger charge is -2.31. The fraction of sp³-hybridized carbons (Fsp3) is 0.846.